The summed E-state index contributed by atoms with van der Waals surface area (Å²) in [6.45, 7) is 0.381. The minimum atomic E-state index is 0.381. The van der Waals surface area contributed by atoms with E-state index < -0.39 is 0 Å². The van der Waals surface area contributed by atoms with Crippen LogP contribution in [0.2, 0.25) is 0 Å². The maximum atomic E-state index is 9.35. The molecule has 0 heterocycles. The first-order valence-electron chi connectivity index (χ1n) is 6.63. The van der Waals surface area contributed by atoms with Gasteiger partial charge in [0.25, 0.3) is 0 Å². The largest absolute Gasteiger partial charge is 0.396 e. The van der Waals surface area contributed by atoms with Gasteiger partial charge >= 0.3 is 0 Å². The number of aliphatic hydroxyl groups is 1. The number of hydrogen-bond acceptors (Lipinski definition) is 2. The van der Waals surface area contributed by atoms with Gasteiger partial charge in [0.05, 0.1) is 0 Å². The molecule has 15 heavy (non-hydrogen) atoms. The second kappa shape index (κ2) is 3.46. The van der Waals surface area contributed by atoms with E-state index in [0.717, 1.165) is 11.8 Å². The quantitative estimate of drug-likeness (QED) is 0.693. The molecule has 3 aliphatic rings. The molecule has 0 aromatic heterocycles. The molecule has 3 saturated carbocycles. The molecule has 3 N–H and O–H groups in total. The van der Waals surface area contributed by atoms with Crippen molar-refractivity contribution in [2.45, 2.75) is 51.0 Å². The summed E-state index contributed by atoms with van der Waals surface area (Å²) in [5.41, 5.74) is 6.90. The molecule has 0 aromatic rings. The summed E-state index contributed by atoms with van der Waals surface area (Å²) in [7, 11) is 0. The van der Waals surface area contributed by atoms with Crippen molar-refractivity contribution in [2.75, 3.05) is 6.61 Å². The van der Waals surface area contributed by atoms with Gasteiger partial charge in [-0.1, -0.05) is 6.42 Å². The lowest BCUT2D eigenvalue weighted by Crippen LogP contribution is -2.49. The highest BCUT2D eigenvalue weighted by Gasteiger charge is 2.57. The molecule has 3 rings (SSSR count). The van der Waals surface area contributed by atoms with Crippen LogP contribution in [0.1, 0.15) is 44.9 Å². The van der Waals surface area contributed by atoms with E-state index in [1.54, 1.807) is 0 Å². The van der Waals surface area contributed by atoms with Gasteiger partial charge < -0.3 is 10.8 Å². The Morgan fingerprint density at radius 2 is 2.13 bits per heavy atom. The van der Waals surface area contributed by atoms with Gasteiger partial charge in [0.1, 0.15) is 0 Å². The van der Waals surface area contributed by atoms with E-state index in [-0.39, 0.29) is 0 Å². The lowest BCUT2D eigenvalue weighted by Gasteiger charge is -2.47. The molecule has 2 heteroatoms. The summed E-state index contributed by atoms with van der Waals surface area (Å²) in [5, 5.41) is 9.35. The van der Waals surface area contributed by atoms with Gasteiger partial charge in [-0.15, -0.1) is 0 Å². The highest BCUT2D eigenvalue weighted by Crippen LogP contribution is 2.61. The Morgan fingerprint density at radius 1 is 1.27 bits per heavy atom. The average Bonchev–Trinajstić information content (AvgIpc) is 2.84. The van der Waals surface area contributed by atoms with Gasteiger partial charge in [-0.3, -0.25) is 0 Å². The molecule has 2 bridgehead atoms. The molecule has 0 aromatic carbocycles. The Hall–Kier alpha value is -0.0800. The SMILES string of the molecule is N[C@@H]1[C@@H]2CC[C@@H](C2)[C@]12CCC[C@H](CO)C2. The van der Waals surface area contributed by atoms with E-state index in [4.69, 9.17) is 5.73 Å². The predicted molar refractivity (Wildman–Crippen MR) is 60.3 cm³/mol. The van der Waals surface area contributed by atoms with Crippen molar-refractivity contribution in [3.63, 3.8) is 0 Å². The lowest BCUT2D eigenvalue weighted by atomic mass is 9.60. The molecule has 0 amide bonds. The molecule has 0 radical (unpaired) electrons. The van der Waals surface area contributed by atoms with Crippen LogP contribution >= 0.6 is 0 Å². The number of fused-ring (bicyclic) bond motifs is 3. The third-order valence-electron chi connectivity index (χ3n) is 5.64. The molecular weight excluding hydrogens is 186 g/mol. The Morgan fingerprint density at radius 3 is 2.80 bits per heavy atom. The van der Waals surface area contributed by atoms with Crippen molar-refractivity contribution in [2.24, 2.45) is 28.9 Å². The van der Waals surface area contributed by atoms with Gasteiger partial charge in [0.15, 0.2) is 0 Å². The Bertz CT molecular complexity index is 251. The van der Waals surface area contributed by atoms with Gasteiger partial charge in [-0.2, -0.15) is 0 Å². The van der Waals surface area contributed by atoms with E-state index in [1.807, 2.05) is 0 Å². The fourth-order valence-corrected chi connectivity index (χ4v) is 4.90. The van der Waals surface area contributed by atoms with E-state index in [1.165, 1.54) is 44.9 Å². The maximum absolute atomic E-state index is 9.35. The Kier molecular flexibility index (Phi) is 2.33. The van der Waals surface area contributed by atoms with Crippen molar-refractivity contribution in [3.05, 3.63) is 0 Å². The molecule has 2 nitrogen and oxygen atoms in total. The predicted octanol–water partition coefficient (Wildman–Crippen LogP) is 1.91. The van der Waals surface area contributed by atoms with E-state index in [0.29, 0.717) is 24.0 Å². The van der Waals surface area contributed by atoms with Crippen LogP contribution in [0.4, 0.5) is 0 Å². The normalized spacial score (nSPS) is 54.0. The third kappa shape index (κ3) is 1.31. The fourth-order valence-electron chi connectivity index (χ4n) is 4.90. The van der Waals surface area contributed by atoms with Gasteiger partial charge in [0, 0.05) is 12.6 Å². The van der Waals surface area contributed by atoms with Crippen LogP contribution in [0.25, 0.3) is 0 Å². The second-order valence-corrected chi connectivity index (χ2v) is 6.17. The summed E-state index contributed by atoms with van der Waals surface area (Å²) in [6.07, 6.45) is 9.25. The molecule has 3 fully saturated rings. The van der Waals surface area contributed by atoms with E-state index in [9.17, 15) is 5.11 Å². The molecule has 3 aliphatic carbocycles. The summed E-state index contributed by atoms with van der Waals surface area (Å²) in [5.74, 6) is 2.25. The molecule has 0 unspecified atom stereocenters. The topological polar surface area (TPSA) is 46.2 Å². The van der Waals surface area contributed by atoms with Crippen molar-refractivity contribution in [3.8, 4) is 0 Å². The number of rotatable bonds is 1. The Labute approximate surface area is 92.2 Å². The maximum Gasteiger partial charge on any atom is 0.0459 e. The molecule has 86 valence electrons. The summed E-state index contributed by atoms with van der Waals surface area (Å²) in [4.78, 5) is 0. The smallest absolute Gasteiger partial charge is 0.0459 e. The fraction of sp³-hybridized carbons (Fsp3) is 1.00. The lowest BCUT2D eigenvalue weighted by molar-refractivity contribution is 0.0292. The van der Waals surface area contributed by atoms with E-state index in [2.05, 4.69) is 0 Å². The zero-order chi connectivity index (χ0) is 10.5. The Balaban J connectivity index is 1.83. The first kappa shape index (κ1) is 10.1. The van der Waals surface area contributed by atoms with Crippen LogP contribution in [0.5, 0.6) is 0 Å². The molecule has 0 saturated heterocycles. The van der Waals surface area contributed by atoms with Crippen LogP contribution in [0, 0.1) is 23.2 Å². The van der Waals surface area contributed by atoms with Crippen LogP contribution in [0.3, 0.4) is 0 Å². The summed E-state index contributed by atoms with van der Waals surface area (Å²) in [6, 6.07) is 0.450. The van der Waals surface area contributed by atoms with Crippen molar-refractivity contribution >= 4 is 0 Å². The third-order valence-corrected chi connectivity index (χ3v) is 5.64. The standard InChI is InChI=1S/C13H23NO/c14-12-10-3-4-11(6-10)13(12)5-1-2-9(7-13)8-15/h9-12,15H,1-8,14H2/t9-,10+,11-,12+,13+/m0/s1. The first-order valence-corrected chi connectivity index (χ1v) is 6.63. The van der Waals surface area contributed by atoms with Crippen LogP contribution in [-0.4, -0.2) is 17.8 Å². The minimum Gasteiger partial charge on any atom is -0.396 e. The second-order valence-electron chi connectivity index (χ2n) is 6.17. The summed E-state index contributed by atoms with van der Waals surface area (Å²) < 4.78 is 0. The van der Waals surface area contributed by atoms with Crippen LogP contribution < -0.4 is 5.73 Å². The van der Waals surface area contributed by atoms with Gasteiger partial charge in [0.2, 0.25) is 0 Å². The highest BCUT2D eigenvalue weighted by atomic mass is 16.3. The monoisotopic (exact) mass is 209 g/mol. The molecular formula is C13H23NO. The highest BCUT2D eigenvalue weighted by molar-refractivity contribution is 5.09. The van der Waals surface area contributed by atoms with Gasteiger partial charge in [-0.25, -0.2) is 0 Å². The molecule has 5 atom stereocenters. The number of hydrogen-bond donors (Lipinski definition) is 2. The van der Waals surface area contributed by atoms with Gasteiger partial charge in [-0.05, 0) is 61.7 Å². The van der Waals surface area contributed by atoms with E-state index >= 15 is 0 Å². The average molecular weight is 209 g/mol. The zero-order valence-corrected chi connectivity index (χ0v) is 9.49. The molecule has 0 aliphatic heterocycles. The first-order chi connectivity index (χ1) is 7.26. The van der Waals surface area contributed by atoms with Crippen LogP contribution in [0.15, 0.2) is 0 Å². The number of nitrogens with two attached hydrogens (primary N) is 1. The minimum absolute atomic E-state index is 0.381. The van der Waals surface area contributed by atoms with Crippen molar-refractivity contribution in [1.29, 1.82) is 0 Å². The van der Waals surface area contributed by atoms with Crippen LogP contribution in [-0.2, 0) is 0 Å². The zero-order valence-electron chi connectivity index (χ0n) is 9.49. The van der Waals surface area contributed by atoms with Crippen molar-refractivity contribution in [1.82, 2.24) is 0 Å². The number of aliphatic hydroxyl groups excluding tert-OH is 1. The summed E-state index contributed by atoms with van der Waals surface area (Å²) >= 11 is 0. The molecule has 1 spiro atoms. The van der Waals surface area contributed by atoms with Crippen molar-refractivity contribution < 1.29 is 5.11 Å².